The summed E-state index contributed by atoms with van der Waals surface area (Å²) in [7, 11) is 0. The van der Waals surface area contributed by atoms with Crippen LogP contribution in [0.4, 0.5) is 0 Å². The minimum absolute atomic E-state index is 0.0855. The molecule has 102 valence electrons. The zero-order chi connectivity index (χ0) is 13.2. The smallest absolute Gasteiger partial charge is 0.212 e. The van der Waals surface area contributed by atoms with Gasteiger partial charge >= 0.3 is 0 Å². The Morgan fingerprint density at radius 2 is 2.33 bits per heavy atom. The monoisotopic (exact) mass is 254 g/mol. The highest BCUT2D eigenvalue weighted by molar-refractivity contribution is 5.87. The van der Waals surface area contributed by atoms with Gasteiger partial charge in [-0.1, -0.05) is 6.58 Å². The van der Waals surface area contributed by atoms with Gasteiger partial charge in [0.1, 0.15) is 6.61 Å². The number of hydrogen-bond acceptors (Lipinski definition) is 5. The van der Waals surface area contributed by atoms with Crippen molar-refractivity contribution in [1.82, 2.24) is 0 Å². The third-order valence-corrected chi connectivity index (χ3v) is 2.34. The van der Waals surface area contributed by atoms with Gasteiger partial charge < -0.3 is 19.9 Å². The van der Waals surface area contributed by atoms with E-state index >= 15 is 0 Å². The van der Waals surface area contributed by atoms with E-state index in [4.69, 9.17) is 19.9 Å². The molecule has 0 aromatic carbocycles. The molecule has 1 aliphatic rings. The first kappa shape index (κ1) is 14.7. The molecule has 18 heavy (non-hydrogen) atoms. The summed E-state index contributed by atoms with van der Waals surface area (Å²) in [6.45, 7) is 7.05. The molecule has 5 heteroatoms. The minimum Gasteiger partial charge on any atom is -0.475 e. The van der Waals surface area contributed by atoms with Gasteiger partial charge in [-0.05, 0) is 32.3 Å². The molecule has 1 atom stereocenters. The molecule has 0 amide bonds. The lowest BCUT2D eigenvalue weighted by atomic mass is 10.2. The number of aliphatic imine (C=N–C) groups is 1. The quantitative estimate of drug-likeness (QED) is 0.447. The first-order valence-electron chi connectivity index (χ1n) is 6.21. The molecule has 0 saturated carbocycles. The highest BCUT2D eigenvalue weighted by atomic mass is 16.7. The number of nitrogens with two attached hydrogens (primary N) is 1. The van der Waals surface area contributed by atoms with Crippen molar-refractivity contribution in [3.05, 3.63) is 24.6 Å². The number of hydrogen-bond donors (Lipinski definition) is 1. The largest absolute Gasteiger partial charge is 0.475 e. The summed E-state index contributed by atoms with van der Waals surface area (Å²) in [4.78, 5) is 4.03. The average molecular weight is 254 g/mol. The van der Waals surface area contributed by atoms with Crippen molar-refractivity contribution in [3.63, 3.8) is 0 Å². The molecule has 0 aromatic rings. The van der Waals surface area contributed by atoms with Crippen LogP contribution in [0, 0.1) is 0 Å². The molecular weight excluding hydrogens is 232 g/mol. The Kier molecular flexibility index (Phi) is 7.13. The van der Waals surface area contributed by atoms with E-state index in [2.05, 4.69) is 11.6 Å². The fourth-order valence-electron chi connectivity index (χ4n) is 1.48. The molecule has 0 bridgehead atoms. The van der Waals surface area contributed by atoms with Gasteiger partial charge in [-0.2, -0.15) is 0 Å². The van der Waals surface area contributed by atoms with E-state index in [9.17, 15) is 0 Å². The standard InChI is InChI=1S/C13H22N2O3/c1-3-12(15-10-11(2)14)16-8-9-18-13-6-4-5-7-17-13/h3,10,13H,1,4-9,14H2,2H3/b11-10-,15-12+. The lowest BCUT2D eigenvalue weighted by molar-refractivity contribution is -0.165. The molecule has 1 rings (SSSR count). The van der Waals surface area contributed by atoms with Crippen molar-refractivity contribution in [1.29, 1.82) is 0 Å². The van der Waals surface area contributed by atoms with E-state index < -0.39 is 0 Å². The molecule has 2 N–H and O–H groups in total. The van der Waals surface area contributed by atoms with Gasteiger partial charge in [0.05, 0.1) is 6.61 Å². The van der Waals surface area contributed by atoms with Crippen LogP contribution in [0.15, 0.2) is 29.5 Å². The lowest BCUT2D eigenvalue weighted by Gasteiger charge is -2.22. The number of rotatable bonds is 6. The van der Waals surface area contributed by atoms with Crippen LogP contribution in [0.5, 0.6) is 0 Å². The highest BCUT2D eigenvalue weighted by Crippen LogP contribution is 2.13. The Balaban J connectivity index is 2.17. The van der Waals surface area contributed by atoms with E-state index in [1.54, 1.807) is 6.92 Å². The summed E-state index contributed by atoms with van der Waals surface area (Å²) in [5.41, 5.74) is 6.09. The number of nitrogens with zero attached hydrogens (tertiary/aromatic N) is 1. The Morgan fingerprint density at radius 1 is 1.50 bits per heavy atom. The van der Waals surface area contributed by atoms with E-state index in [1.165, 1.54) is 12.3 Å². The number of allylic oxidation sites excluding steroid dienone is 1. The first-order chi connectivity index (χ1) is 8.72. The fraction of sp³-hybridized carbons (Fsp3) is 0.615. The Labute approximate surface area is 108 Å². The third kappa shape index (κ3) is 6.42. The van der Waals surface area contributed by atoms with Gasteiger partial charge in [0.25, 0.3) is 0 Å². The molecule has 5 nitrogen and oxygen atoms in total. The van der Waals surface area contributed by atoms with E-state index in [1.807, 2.05) is 0 Å². The van der Waals surface area contributed by atoms with Crippen molar-refractivity contribution in [2.24, 2.45) is 10.7 Å². The second kappa shape index (κ2) is 8.72. The lowest BCUT2D eigenvalue weighted by Crippen LogP contribution is -2.24. The maximum absolute atomic E-state index is 5.53. The SMILES string of the molecule is C=C/C(=N\C=C(\C)N)OCCOC1CCCCO1. The van der Waals surface area contributed by atoms with Crippen molar-refractivity contribution in [3.8, 4) is 0 Å². The Bertz CT molecular complexity index is 303. The van der Waals surface area contributed by atoms with Crippen LogP contribution < -0.4 is 5.73 Å². The maximum atomic E-state index is 5.53. The van der Waals surface area contributed by atoms with Crippen LogP contribution in [0.1, 0.15) is 26.2 Å². The normalized spacial score (nSPS) is 21.7. The summed E-state index contributed by atoms with van der Waals surface area (Å²) < 4.78 is 16.3. The Hall–Kier alpha value is -1.33. The minimum atomic E-state index is -0.0855. The third-order valence-electron chi connectivity index (χ3n) is 2.34. The van der Waals surface area contributed by atoms with Gasteiger partial charge in [-0.15, -0.1) is 0 Å². The predicted octanol–water partition coefficient (Wildman–Crippen LogP) is 1.95. The van der Waals surface area contributed by atoms with Gasteiger partial charge in [0.15, 0.2) is 6.29 Å². The van der Waals surface area contributed by atoms with Crippen LogP contribution in [0.2, 0.25) is 0 Å². The average Bonchev–Trinajstić information content (AvgIpc) is 2.39. The van der Waals surface area contributed by atoms with E-state index in [0.29, 0.717) is 24.8 Å². The zero-order valence-electron chi connectivity index (χ0n) is 10.9. The molecule has 0 aliphatic carbocycles. The van der Waals surface area contributed by atoms with Crippen molar-refractivity contribution in [2.75, 3.05) is 19.8 Å². The summed E-state index contributed by atoms with van der Waals surface area (Å²) in [5.74, 6) is 0.438. The van der Waals surface area contributed by atoms with Crippen molar-refractivity contribution in [2.45, 2.75) is 32.5 Å². The summed E-state index contributed by atoms with van der Waals surface area (Å²) in [6, 6.07) is 0. The highest BCUT2D eigenvalue weighted by Gasteiger charge is 2.13. The summed E-state index contributed by atoms with van der Waals surface area (Å²) >= 11 is 0. The van der Waals surface area contributed by atoms with Crippen LogP contribution in [0.25, 0.3) is 0 Å². The predicted molar refractivity (Wildman–Crippen MR) is 71.1 cm³/mol. The van der Waals surface area contributed by atoms with E-state index in [-0.39, 0.29) is 6.29 Å². The molecule has 0 spiro atoms. The van der Waals surface area contributed by atoms with Crippen LogP contribution in [-0.2, 0) is 14.2 Å². The molecule has 1 aliphatic heterocycles. The van der Waals surface area contributed by atoms with Crippen LogP contribution in [0.3, 0.4) is 0 Å². The topological polar surface area (TPSA) is 66.1 Å². The molecular formula is C13H22N2O3. The fourth-order valence-corrected chi connectivity index (χ4v) is 1.48. The van der Waals surface area contributed by atoms with Gasteiger partial charge in [0, 0.05) is 18.5 Å². The molecule has 1 heterocycles. The molecule has 1 fully saturated rings. The maximum Gasteiger partial charge on any atom is 0.212 e. The summed E-state index contributed by atoms with van der Waals surface area (Å²) in [6.07, 6.45) is 6.22. The second-order valence-corrected chi connectivity index (χ2v) is 4.06. The number of ether oxygens (including phenoxy) is 3. The Morgan fingerprint density at radius 3 is 2.94 bits per heavy atom. The van der Waals surface area contributed by atoms with Gasteiger partial charge in [-0.3, -0.25) is 0 Å². The van der Waals surface area contributed by atoms with Crippen molar-refractivity contribution >= 4 is 5.90 Å². The zero-order valence-corrected chi connectivity index (χ0v) is 10.9. The van der Waals surface area contributed by atoms with Crippen molar-refractivity contribution < 1.29 is 14.2 Å². The van der Waals surface area contributed by atoms with Gasteiger partial charge in [-0.25, -0.2) is 4.99 Å². The molecule has 0 aromatic heterocycles. The van der Waals surface area contributed by atoms with E-state index in [0.717, 1.165) is 25.9 Å². The first-order valence-corrected chi connectivity index (χ1v) is 6.21. The van der Waals surface area contributed by atoms with Crippen LogP contribution in [-0.4, -0.2) is 32.0 Å². The second-order valence-electron chi connectivity index (χ2n) is 4.06. The molecule has 0 radical (unpaired) electrons. The van der Waals surface area contributed by atoms with Crippen LogP contribution >= 0.6 is 0 Å². The molecule has 1 unspecified atom stereocenters. The van der Waals surface area contributed by atoms with Gasteiger partial charge in [0.2, 0.25) is 5.90 Å². The molecule has 1 saturated heterocycles. The summed E-state index contributed by atoms with van der Waals surface area (Å²) in [5, 5.41) is 0.